The molecule has 146 valence electrons. The van der Waals surface area contributed by atoms with Gasteiger partial charge in [-0.15, -0.1) is 0 Å². The van der Waals surface area contributed by atoms with Gasteiger partial charge in [-0.05, 0) is 32.3 Å². The number of anilines is 1. The summed E-state index contributed by atoms with van der Waals surface area (Å²) in [6.45, 7) is 1.73. The molecule has 3 aromatic heterocycles. The van der Waals surface area contributed by atoms with Crippen LogP contribution in [0.15, 0.2) is 24.7 Å². The van der Waals surface area contributed by atoms with Crippen molar-refractivity contribution in [2.45, 2.75) is 38.6 Å². The van der Waals surface area contributed by atoms with Crippen LogP contribution in [0, 0.1) is 11.2 Å². The van der Waals surface area contributed by atoms with Crippen molar-refractivity contribution in [1.29, 1.82) is 0 Å². The van der Waals surface area contributed by atoms with Crippen LogP contribution >= 0.6 is 11.6 Å². The zero-order chi connectivity index (χ0) is 19.9. The molecule has 0 bridgehead atoms. The van der Waals surface area contributed by atoms with E-state index in [0.717, 1.165) is 24.4 Å². The van der Waals surface area contributed by atoms with Gasteiger partial charge in [-0.3, -0.25) is 4.79 Å². The number of carbonyl (C=O) groups is 1. The van der Waals surface area contributed by atoms with Crippen molar-refractivity contribution < 1.29 is 14.3 Å². The number of hydrogen-bond donors (Lipinski definition) is 3. The Balaban J connectivity index is 1.64. The molecule has 0 spiro atoms. The van der Waals surface area contributed by atoms with Crippen molar-refractivity contribution in [3.63, 3.8) is 0 Å². The molecule has 4 rings (SSSR count). The summed E-state index contributed by atoms with van der Waals surface area (Å²) >= 11 is 6.04. The van der Waals surface area contributed by atoms with Gasteiger partial charge in [-0.1, -0.05) is 18.0 Å². The van der Waals surface area contributed by atoms with E-state index in [1.165, 1.54) is 6.20 Å². The van der Waals surface area contributed by atoms with E-state index in [-0.39, 0.29) is 11.9 Å². The fraction of sp³-hybridized carbons (Fsp3) is 0.368. The molecule has 2 unspecified atom stereocenters. The third-order valence-electron chi connectivity index (χ3n) is 5.32. The van der Waals surface area contributed by atoms with E-state index in [0.29, 0.717) is 34.9 Å². The molecule has 2 atom stereocenters. The number of carboxylic acids is 1. The number of aromatic nitrogens is 4. The topological polar surface area (TPSA) is 104 Å². The smallest absolute Gasteiger partial charge is 0.309 e. The molecule has 1 aliphatic carbocycles. The van der Waals surface area contributed by atoms with Crippen molar-refractivity contribution in [1.82, 2.24) is 19.9 Å². The first kappa shape index (κ1) is 18.6. The maximum Gasteiger partial charge on any atom is 0.309 e. The van der Waals surface area contributed by atoms with E-state index in [4.69, 9.17) is 11.6 Å². The van der Waals surface area contributed by atoms with E-state index in [9.17, 15) is 14.3 Å². The van der Waals surface area contributed by atoms with Crippen molar-refractivity contribution in [3.8, 4) is 11.4 Å². The van der Waals surface area contributed by atoms with Crippen molar-refractivity contribution in [3.05, 3.63) is 35.5 Å². The fourth-order valence-electron chi connectivity index (χ4n) is 3.76. The molecule has 1 fully saturated rings. The van der Waals surface area contributed by atoms with Crippen LogP contribution in [0.3, 0.4) is 0 Å². The molecule has 28 heavy (non-hydrogen) atoms. The van der Waals surface area contributed by atoms with Gasteiger partial charge >= 0.3 is 5.97 Å². The molecule has 1 saturated carbocycles. The molecular formula is C19H19ClFN5O2. The molecule has 9 heteroatoms. The number of carboxylic acid groups (broad SMARTS) is 1. The van der Waals surface area contributed by atoms with E-state index in [1.54, 1.807) is 19.2 Å². The Morgan fingerprint density at radius 1 is 1.43 bits per heavy atom. The number of aromatic amines is 1. The zero-order valence-electron chi connectivity index (χ0n) is 15.2. The number of hydrogen-bond acceptors (Lipinski definition) is 5. The number of nitrogens with one attached hydrogen (secondary N) is 2. The number of H-pyrrole nitrogens is 1. The van der Waals surface area contributed by atoms with Crippen molar-refractivity contribution in [2.75, 3.05) is 5.32 Å². The Hall–Kier alpha value is -2.74. The standard InChI is InChI=1S/C19H19ClFN5O2/c1-19(18(27)28)4-2-3-11(6-19)25-17-14(21)9-24-16(26-17)13-8-23-15-12(13)5-10(20)7-22-15/h5,7-9,11H,2-4,6H2,1H3,(H,22,23)(H,27,28)(H,24,25,26). The highest BCUT2D eigenvalue weighted by Gasteiger charge is 2.38. The zero-order valence-corrected chi connectivity index (χ0v) is 15.9. The average Bonchev–Trinajstić information content (AvgIpc) is 3.06. The minimum absolute atomic E-state index is 0.0639. The van der Waals surface area contributed by atoms with Gasteiger partial charge in [0.2, 0.25) is 0 Å². The number of aliphatic carboxylic acids is 1. The molecule has 0 amide bonds. The number of pyridine rings is 1. The van der Waals surface area contributed by atoms with Gasteiger partial charge in [0.15, 0.2) is 17.5 Å². The van der Waals surface area contributed by atoms with Gasteiger partial charge < -0.3 is 15.4 Å². The first-order valence-electron chi connectivity index (χ1n) is 9.01. The second-order valence-electron chi connectivity index (χ2n) is 7.45. The van der Waals surface area contributed by atoms with Crippen LogP contribution in [-0.2, 0) is 4.79 Å². The van der Waals surface area contributed by atoms with Crippen molar-refractivity contribution >= 4 is 34.4 Å². The van der Waals surface area contributed by atoms with E-state index in [1.807, 2.05) is 0 Å². The quantitative estimate of drug-likeness (QED) is 0.601. The summed E-state index contributed by atoms with van der Waals surface area (Å²) in [5.41, 5.74) is 0.472. The molecular weight excluding hydrogens is 385 g/mol. The Bertz CT molecular complexity index is 1060. The van der Waals surface area contributed by atoms with Gasteiger partial charge in [-0.25, -0.2) is 19.3 Å². The molecule has 0 aliphatic heterocycles. The Morgan fingerprint density at radius 3 is 3.04 bits per heavy atom. The van der Waals surface area contributed by atoms with Crippen LogP contribution < -0.4 is 5.32 Å². The summed E-state index contributed by atoms with van der Waals surface area (Å²) in [7, 11) is 0. The normalized spacial score (nSPS) is 22.3. The lowest BCUT2D eigenvalue weighted by Gasteiger charge is -2.35. The summed E-state index contributed by atoms with van der Waals surface area (Å²) in [5, 5.41) is 13.8. The molecule has 1 aliphatic rings. The second kappa shape index (κ2) is 7.01. The maximum absolute atomic E-state index is 14.4. The van der Waals surface area contributed by atoms with Crippen molar-refractivity contribution in [2.24, 2.45) is 5.41 Å². The minimum atomic E-state index is -0.828. The van der Waals surface area contributed by atoms with Crippen LogP contribution in [-0.4, -0.2) is 37.1 Å². The van der Waals surface area contributed by atoms with Gasteiger partial charge in [0.1, 0.15) is 5.65 Å². The minimum Gasteiger partial charge on any atom is -0.481 e. The SMILES string of the molecule is CC1(C(=O)O)CCCC(Nc2nc(-c3c[nH]c4ncc(Cl)cc34)ncc2F)C1. The van der Waals surface area contributed by atoms with Gasteiger partial charge in [-0.2, -0.15) is 0 Å². The number of nitrogens with zero attached hydrogens (tertiary/aromatic N) is 3. The fourth-order valence-corrected chi connectivity index (χ4v) is 3.92. The number of halogens is 2. The van der Waals surface area contributed by atoms with Gasteiger partial charge in [0, 0.05) is 29.4 Å². The maximum atomic E-state index is 14.4. The Labute approximate surface area is 165 Å². The molecule has 0 saturated heterocycles. The van der Waals surface area contributed by atoms with Crippen LogP contribution in [0.1, 0.15) is 32.6 Å². The van der Waals surface area contributed by atoms with E-state index < -0.39 is 17.2 Å². The second-order valence-corrected chi connectivity index (χ2v) is 7.88. The highest BCUT2D eigenvalue weighted by atomic mass is 35.5. The molecule has 0 radical (unpaired) electrons. The lowest BCUT2D eigenvalue weighted by atomic mass is 9.73. The predicted molar refractivity (Wildman–Crippen MR) is 104 cm³/mol. The van der Waals surface area contributed by atoms with E-state index in [2.05, 4.69) is 25.3 Å². The third-order valence-corrected chi connectivity index (χ3v) is 5.52. The lowest BCUT2D eigenvalue weighted by molar-refractivity contribution is -0.149. The molecule has 3 N–H and O–H groups in total. The van der Waals surface area contributed by atoms with E-state index >= 15 is 0 Å². The van der Waals surface area contributed by atoms with Crippen LogP contribution in [0.25, 0.3) is 22.4 Å². The largest absolute Gasteiger partial charge is 0.481 e. The summed E-state index contributed by atoms with van der Waals surface area (Å²) in [5.74, 6) is -1.02. The average molecular weight is 404 g/mol. The molecule has 0 aromatic carbocycles. The van der Waals surface area contributed by atoms with Crippen LogP contribution in [0.2, 0.25) is 5.02 Å². The molecule has 3 aromatic rings. The molecule has 7 nitrogen and oxygen atoms in total. The summed E-state index contributed by atoms with van der Waals surface area (Å²) in [6, 6.07) is 1.57. The summed E-state index contributed by atoms with van der Waals surface area (Å²) in [6.07, 6.45) is 6.88. The predicted octanol–water partition coefficient (Wildman–Crippen LogP) is 4.26. The van der Waals surface area contributed by atoms with Crippen LogP contribution in [0.5, 0.6) is 0 Å². The first-order valence-corrected chi connectivity index (χ1v) is 9.39. The van der Waals surface area contributed by atoms with Gasteiger partial charge in [0.05, 0.1) is 16.6 Å². The third kappa shape index (κ3) is 3.40. The first-order chi connectivity index (χ1) is 13.4. The van der Waals surface area contributed by atoms with Gasteiger partial charge in [0.25, 0.3) is 0 Å². The summed E-state index contributed by atoms with van der Waals surface area (Å²) < 4.78 is 14.4. The lowest BCUT2D eigenvalue weighted by Crippen LogP contribution is -2.39. The number of fused-ring (bicyclic) bond motifs is 1. The highest BCUT2D eigenvalue weighted by Crippen LogP contribution is 2.37. The highest BCUT2D eigenvalue weighted by molar-refractivity contribution is 6.31. The summed E-state index contributed by atoms with van der Waals surface area (Å²) in [4.78, 5) is 27.2. The van der Waals surface area contributed by atoms with Crippen LogP contribution in [0.4, 0.5) is 10.2 Å². The number of rotatable bonds is 4. The Morgan fingerprint density at radius 2 is 2.25 bits per heavy atom. The Kier molecular flexibility index (Phi) is 4.66. The molecule has 3 heterocycles. The monoisotopic (exact) mass is 403 g/mol.